The van der Waals surface area contributed by atoms with Gasteiger partial charge in [-0.25, -0.2) is 14.2 Å². The predicted octanol–water partition coefficient (Wildman–Crippen LogP) is 3.71. The minimum absolute atomic E-state index is 0.0658. The van der Waals surface area contributed by atoms with Crippen molar-refractivity contribution in [1.29, 1.82) is 0 Å². The van der Waals surface area contributed by atoms with Crippen LogP contribution in [0.4, 0.5) is 4.39 Å². The van der Waals surface area contributed by atoms with Crippen LogP contribution in [-0.4, -0.2) is 34.4 Å². The van der Waals surface area contributed by atoms with Crippen LogP contribution in [0.25, 0.3) is 17.2 Å². The van der Waals surface area contributed by atoms with Crippen molar-refractivity contribution in [2.24, 2.45) is 0 Å². The van der Waals surface area contributed by atoms with E-state index in [0.717, 1.165) is 18.9 Å². The first-order chi connectivity index (χ1) is 14.1. The van der Waals surface area contributed by atoms with Gasteiger partial charge in [0.15, 0.2) is 12.2 Å². The molecule has 7 heteroatoms. The number of rotatable bonds is 7. The molecule has 1 heterocycles. The fourth-order valence-corrected chi connectivity index (χ4v) is 2.98. The van der Waals surface area contributed by atoms with Gasteiger partial charge in [0.05, 0.1) is 0 Å². The Labute approximate surface area is 166 Å². The van der Waals surface area contributed by atoms with E-state index in [1.54, 1.807) is 35.2 Å². The standard InChI is InChI=1S/C22H19FN2O4/c23-17-6-2-1-5-15(17)13-25(16-9-10-16)21(26)14-28-22(27)12-11-20-24-18-7-3-4-8-19(18)29-20/h1-8,11-12,16H,9-10,13-14H2/b12-11+. The van der Waals surface area contributed by atoms with Gasteiger partial charge in [0.1, 0.15) is 11.3 Å². The molecule has 1 aromatic heterocycles. The van der Waals surface area contributed by atoms with E-state index in [0.29, 0.717) is 16.7 Å². The summed E-state index contributed by atoms with van der Waals surface area (Å²) in [6.45, 7) is -0.242. The van der Waals surface area contributed by atoms with Crippen LogP contribution in [0.15, 0.2) is 59.0 Å². The SMILES string of the molecule is O=C(/C=C/c1nc2ccccc2o1)OCC(=O)N(Cc1ccccc1F)C1CC1. The lowest BCUT2D eigenvalue weighted by molar-refractivity contribution is -0.148. The average molecular weight is 394 g/mol. The van der Waals surface area contributed by atoms with Crippen LogP contribution in [0.2, 0.25) is 0 Å². The van der Waals surface area contributed by atoms with E-state index in [1.165, 1.54) is 12.1 Å². The van der Waals surface area contributed by atoms with Crippen molar-refractivity contribution >= 4 is 29.1 Å². The van der Waals surface area contributed by atoms with Gasteiger partial charge in [0.2, 0.25) is 5.89 Å². The van der Waals surface area contributed by atoms with Crippen molar-refractivity contribution < 1.29 is 23.1 Å². The fourth-order valence-electron chi connectivity index (χ4n) is 2.98. The van der Waals surface area contributed by atoms with E-state index in [1.807, 2.05) is 12.1 Å². The molecule has 29 heavy (non-hydrogen) atoms. The number of oxazole rings is 1. The summed E-state index contributed by atoms with van der Waals surface area (Å²) in [5, 5.41) is 0. The monoisotopic (exact) mass is 394 g/mol. The zero-order valence-electron chi connectivity index (χ0n) is 15.6. The number of hydrogen-bond donors (Lipinski definition) is 0. The molecule has 4 rings (SSSR count). The molecule has 0 N–H and O–H groups in total. The number of carbonyl (C=O) groups excluding carboxylic acids is 2. The largest absolute Gasteiger partial charge is 0.452 e. The van der Waals surface area contributed by atoms with E-state index >= 15 is 0 Å². The quantitative estimate of drug-likeness (QED) is 0.451. The minimum atomic E-state index is -0.678. The first kappa shape index (κ1) is 18.9. The molecule has 3 aromatic rings. The van der Waals surface area contributed by atoms with Crippen molar-refractivity contribution in [2.45, 2.75) is 25.4 Å². The topological polar surface area (TPSA) is 72.6 Å². The Hall–Kier alpha value is -3.48. The maximum absolute atomic E-state index is 13.9. The second-order valence-electron chi connectivity index (χ2n) is 6.81. The predicted molar refractivity (Wildman–Crippen MR) is 104 cm³/mol. The second-order valence-corrected chi connectivity index (χ2v) is 6.81. The van der Waals surface area contributed by atoms with Crippen LogP contribution < -0.4 is 0 Å². The third-order valence-electron chi connectivity index (χ3n) is 4.62. The number of halogens is 1. The van der Waals surface area contributed by atoms with Gasteiger partial charge in [-0.1, -0.05) is 30.3 Å². The lowest BCUT2D eigenvalue weighted by Crippen LogP contribution is -2.36. The second kappa shape index (κ2) is 8.26. The van der Waals surface area contributed by atoms with Crippen molar-refractivity contribution in [2.75, 3.05) is 6.61 Å². The molecule has 0 spiro atoms. The van der Waals surface area contributed by atoms with Gasteiger partial charge in [0.25, 0.3) is 5.91 Å². The van der Waals surface area contributed by atoms with E-state index in [2.05, 4.69) is 4.98 Å². The number of hydrogen-bond acceptors (Lipinski definition) is 5. The normalized spacial score (nSPS) is 13.7. The van der Waals surface area contributed by atoms with Crippen molar-refractivity contribution in [3.05, 3.63) is 71.9 Å². The van der Waals surface area contributed by atoms with Crippen LogP contribution in [0.3, 0.4) is 0 Å². The molecule has 2 aromatic carbocycles. The number of aromatic nitrogens is 1. The van der Waals surface area contributed by atoms with Crippen LogP contribution in [-0.2, 0) is 20.9 Å². The van der Waals surface area contributed by atoms with Crippen molar-refractivity contribution in [3.8, 4) is 0 Å². The smallest absolute Gasteiger partial charge is 0.331 e. The Morgan fingerprint density at radius 2 is 1.93 bits per heavy atom. The van der Waals surface area contributed by atoms with Gasteiger partial charge in [0, 0.05) is 30.3 Å². The Balaban J connectivity index is 1.33. The molecule has 1 fully saturated rings. The van der Waals surface area contributed by atoms with E-state index in [4.69, 9.17) is 9.15 Å². The van der Waals surface area contributed by atoms with E-state index < -0.39 is 12.6 Å². The molecular formula is C22H19FN2O4. The Morgan fingerprint density at radius 3 is 2.69 bits per heavy atom. The van der Waals surface area contributed by atoms with Crippen molar-refractivity contribution in [1.82, 2.24) is 9.88 Å². The van der Waals surface area contributed by atoms with Crippen LogP contribution in [0.1, 0.15) is 24.3 Å². The molecule has 1 amide bonds. The summed E-state index contributed by atoms with van der Waals surface area (Å²) in [5.74, 6) is -1.11. The molecule has 0 atom stereocenters. The minimum Gasteiger partial charge on any atom is -0.452 e. The van der Waals surface area contributed by atoms with Crippen LogP contribution in [0, 0.1) is 5.82 Å². The lowest BCUT2D eigenvalue weighted by atomic mass is 10.2. The van der Waals surface area contributed by atoms with Crippen molar-refractivity contribution in [3.63, 3.8) is 0 Å². The fraction of sp³-hybridized carbons (Fsp3) is 0.227. The number of benzene rings is 2. The highest BCUT2D eigenvalue weighted by molar-refractivity contribution is 5.89. The van der Waals surface area contributed by atoms with Gasteiger partial charge in [-0.2, -0.15) is 0 Å². The molecule has 6 nitrogen and oxygen atoms in total. The maximum Gasteiger partial charge on any atom is 0.331 e. The number of para-hydroxylation sites is 2. The highest BCUT2D eigenvalue weighted by Gasteiger charge is 2.33. The molecular weight excluding hydrogens is 375 g/mol. The number of fused-ring (bicyclic) bond motifs is 1. The zero-order chi connectivity index (χ0) is 20.2. The number of ether oxygens (including phenoxy) is 1. The molecule has 0 unspecified atom stereocenters. The third kappa shape index (κ3) is 4.68. The summed E-state index contributed by atoms with van der Waals surface area (Å²) in [7, 11) is 0. The third-order valence-corrected chi connectivity index (χ3v) is 4.62. The van der Waals surface area contributed by atoms with Crippen LogP contribution in [0.5, 0.6) is 0 Å². The van der Waals surface area contributed by atoms with Crippen LogP contribution >= 0.6 is 0 Å². The van der Waals surface area contributed by atoms with Gasteiger partial charge in [-0.15, -0.1) is 0 Å². The maximum atomic E-state index is 13.9. The number of nitrogens with zero attached hydrogens (tertiary/aromatic N) is 2. The summed E-state index contributed by atoms with van der Waals surface area (Å²) in [6.07, 6.45) is 4.29. The number of amides is 1. The molecule has 148 valence electrons. The average Bonchev–Trinajstić information content (AvgIpc) is 3.48. The lowest BCUT2D eigenvalue weighted by Gasteiger charge is -2.22. The van der Waals surface area contributed by atoms with Gasteiger partial charge >= 0.3 is 5.97 Å². The first-order valence-electron chi connectivity index (χ1n) is 9.33. The molecule has 1 aliphatic rings. The molecule has 0 saturated heterocycles. The molecule has 0 radical (unpaired) electrons. The molecule has 0 bridgehead atoms. The molecule has 1 saturated carbocycles. The highest BCUT2D eigenvalue weighted by Crippen LogP contribution is 2.29. The Kier molecular flexibility index (Phi) is 5.37. The summed E-state index contributed by atoms with van der Waals surface area (Å²) < 4.78 is 24.4. The van der Waals surface area contributed by atoms with E-state index in [-0.39, 0.29) is 30.2 Å². The van der Waals surface area contributed by atoms with Gasteiger partial charge in [-0.05, 0) is 31.0 Å². The summed E-state index contributed by atoms with van der Waals surface area (Å²) in [6, 6.07) is 13.6. The summed E-state index contributed by atoms with van der Waals surface area (Å²) in [5.41, 5.74) is 1.74. The molecule has 0 aliphatic heterocycles. The van der Waals surface area contributed by atoms with E-state index in [9.17, 15) is 14.0 Å². The van der Waals surface area contributed by atoms with Gasteiger partial charge < -0.3 is 14.1 Å². The Morgan fingerprint density at radius 1 is 1.17 bits per heavy atom. The highest BCUT2D eigenvalue weighted by atomic mass is 19.1. The number of esters is 1. The first-order valence-corrected chi connectivity index (χ1v) is 9.33. The number of carbonyl (C=O) groups is 2. The zero-order valence-corrected chi connectivity index (χ0v) is 15.6. The summed E-state index contributed by atoms with van der Waals surface area (Å²) >= 11 is 0. The molecule has 1 aliphatic carbocycles. The van der Waals surface area contributed by atoms with Gasteiger partial charge in [-0.3, -0.25) is 4.79 Å². The Bertz CT molecular complexity index is 1040. The summed E-state index contributed by atoms with van der Waals surface area (Å²) in [4.78, 5) is 30.2.